The quantitative estimate of drug-likeness (QED) is 0.114. The Morgan fingerprint density at radius 1 is 0.529 bits per heavy atom. The molecule has 0 saturated heterocycles. The van der Waals surface area contributed by atoms with Crippen LogP contribution in [0.3, 0.4) is 0 Å². The van der Waals surface area contributed by atoms with Gasteiger partial charge in [0.25, 0.3) is 0 Å². The van der Waals surface area contributed by atoms with E-state index in [1.54, 1.807) is 34.2 Å². The highest BCUT2D eigenvalue weighted by molar-refractivity contribution is 5.69. The largest absolute Gasteiger partial charge is 0.392 e. The smallest absolute Gasteiger partial charge is 0.194 e. The van der Waals surface area contributed by atoms with Gasteiger partial charge in [-0.1, -0.05) is 24.3 Å². The predicted molar refractivity (Wildman–Crippen MR) is 242 cm³/mol. The third kappa shape index (κ3) is 9.28. The minimum atomic E-state index is -1.54. The molecule has 6 heterocycles. The minimum absolute atomic E-state index is 0.119. The average molecular weight is 931 g/mol. The van der Waals surface area contributed by atoms with E-state index in [2.05, 4.69) is 30.1 Å². The van der Waals surface area contributed by atoms with E-state index >= 15 is 0 Å². The van der Waals surface area contributed by atoms with Gasteiger partial charge >= 0.3 is 0 Å². The Hall–Kier alpha value is -7.44. The Labute approximate surface area is 386 Å². The first-order valence-corrected chi connectivity index (χ1v) is 21.7. The molecule has 0 amide bonds. The number of aliphatic hydroxyl groups is 2. The molecule has 8 aromatic rings. The van der Waals surface area contributed by atoms with Gasteiger partial charge in [-0.3, -0.25) is 0 Å². The topological polar surface area (TPSA) is 138 Å². The number of imidazole rings is 2. The molecular weight excluding hydrogens is 887 g/mol. The summed E-state index contributed by atoms with van der Waals surface area (Å²) in [5.41, 5.74) is 8.21. The van der Waals surface area contributed by atoms with Crippen LogP contribution in [0.25, 0.3) is 35.7 Å². The molecule has 348 valence electrons. The van der Waals surface area contributed by atoms with Gasteiger partial charge in [0.1, 0.15) is 11.6 Å². The second-order valence-electron chi connectivity index (χ2n) is 17.0. The molecule has 2 aliphatic heterocycles. The molecule has 68 heavy (non-hydrogen) atoms. The Balaban J connectivity index is 0.000000170. The number of aliphatic hydroxyl groups excluding tert-OH is 2. The van der Waals surface area contributed by atoms with Gasteiger partial charge in [-0.05, 0) is 135 Å². The number of benzene rings is 4. The average Bonchev–Trinajstić information content (AvgIpc) is 4.13. The lowest BCUT2D eigenvalue weighted by molar-refractivity contribution is 0.118. The number of aromatic nitrogens is 10. The van der Waals surface area contributed by atoms with E-state index in [0.717, 1.165) is 69.3 Å². The number of nitrogens with zero attached hydrogens (tertiary/aromatic N) is 10. The summed E-state index contributed by atoms with van der Waals surface area (Å²) < 4.78 is 89.3. The fraction of sp³-hybridized carbons (Fsp3) is 0.240. The van der Waals surface area contributed by atoms with Gasteiger partial charge in [-0.2, -0.15) is 10.2 Å². The molecule has 10 rings (SSSR count). The SMILES string of the molecule is Cc1cn(-c2ccc(/C=C/c3nc4n(n3)CC[C@@H](O)[C@@H]4c3cc(F)c(F)c(F)c3)cc2C)cn1.Cc1cn(-c2ccc(/C=C/c3nc4n(n3)CC[C@H](O)C4c3cc(F)c(F)c(F)c3)cc2C)cn1. The van der Waals surface area contributed by atoms with Crippen LogP contribution in [0.1, 0.15) is 92.7 Å². The van der Waals surface area contributed by atoms with Gasteiger partial charge in [-0.15, -0.1) is 0 Å². The Morgan fingerprint density at radius 2 is 0.912 bits per heavy atom. The minimum Gasteiger partial charge on any atom is -0.392 e. The van der Waals surface area contributed by atoms with E-state index in [0.29, 0.717) is 49.2 Å². The summed E-state index contributed by atoms with van der Waals surface area (Å²) in [4.78, 5) is 17.5. The van der Waals surface area contributed by atoms with Crippen LogP contribution in [0.5, 0.6) is 0 Å². The molecule has 4 aromatic heterocycles. The molecule has 18 heteroatoms. The van der Waals surface area contributed by atoms with E-state index in [9.17, 15) is 36.6 Å². The summed E-state index contributed by atoms with van der Waals surface area (Å²) >= 11 is 0. The van der Waals surface area contributed by atoms with Gasteiger partial charge in [0.2, 0.25) is 0 Å². The van der Waals surface area contributed by atoms with Crippen molar-refractivity contribution >= 4 is 24.3 Å². The third-order valence-electron chi connectivity index (χ3n) is 12.0. The molecule has 0 saturated carbocycles. The summed E-state index contributed by atoms with van der Waals surface area (Å²) in [6.07, 6.45) is 13.5. The lowest BCUT2D eigenvalue weighted by atomic mass is 9.88. The van der Waals surface area contributed by atoms with Gasteiger partial charge in [0, 0.05) is 36.9 Å². The molecule has 1 unspecified atom stereocenters. The standard InChI is InChI=1S/2C25H22F3N5O/c2*1-14-9-16(3-5-20(14)32-12-15(2)29-13-32)4-6-22-30-25-23(21(34)7-8-33(25)31-22)17-10-18(26)24(28)19(27)11-17/h2*3-6,9-13,21,23,34H,7-8H2,1-2H3/b2*6-4+/t21-,23?;21-,23+/m01/s1. The molecule has 4 aromatic carbocycles. The van der Waals surface area contributed by atoms with Crippen LogP contribution in [0.15, 0.2) is 85.7 Å². The predicted octanol–water partition coefficient (Wildman–Crippen LogP) is 9.13. The molecule has 12 nitrogen and oxygen atoms in total. The van der Waals surface area contributed by atoms with Crippen molar-refractivity contribution in [1.82, 2.24) is 48.6 Å². The number of hydrogen-bond donors (Lipinski definition) is 2. The highest BCUT2D eigenvalue weighted by Gasteiger charge is 2.35. The van der Waals surface area contributed by atoms with Crippen molar-refractivity contribution in [2.75, 3.05) is 0 Å². The molecule has 4 atom stereocenters. The Bertz CT molecular complexity index is 2980. The maximum absolute atomic E-state index is 13.8. The maximum Gasteiger partial charge on any atom is 0.194 e. The second kappa shape index (κ2) is 18.7. The van der Waals surface area contributed by atoms with Crippen LogP contribution in [0.4, 0.5) is 26.3 Å². The van der Waals surface area contributed by atoms with Gasteiger partial charge in [-0.25, -0.2) is 55.6 Å². The Kier molecular flexibility index (Phi) is 12.6. The molecule has 2 aliphatic rings. The summed E-state index contributed by atoms with van der Waals surface area (Å²) in [7, 11) is 0. The number of rotatable bonds is 8. The van der Waals surface area contributed by atoms with E-state index in [1.807, 2.05) is 97.8 Å². The van der Waals surface area contributed by atoms with Crippen molar-refractivity contribution < 1.29 is 36.6 Å². The first-order chi connectivity index (χ1) is 32.6. The highest BCUT2D eigenvalue weighted by Crippen LogP contribution is 2.36. The first-order valence-electron chi connectivity index (χ1n) is 21.7. The zero-order valence-corrected chi connectivity index (χ0v) is 37.2. The van der Waals surface area contributed by atoms with Gasteiger partial charge < -0.3 is 19.3 Å². The van der Waals surface area contributed by atoms with Gasteiger partial charge in [0.15, 0.2) is 46.6 Å². The molecule has 0 fully saturated rings. The maximum atomic E-state index is 13.8. The molecular formula is C50H44F6N10O2. The molecule has 0 spiro atoms. The zero-order valence-electron chi connectivity index (χ0n) is 37.2. The lowest BCUT2D eigenvalue weighted by Gasteiger charge is -2.27. The monoisotopic (exact) mass is 930 g/mol. The molecule has 0 aliphatic carbocycles. The van der Waals surface area contributed by atoms with Crippen molar-refractivity contribution in [3.05, 3.63) is 189 Å². The Morgan fingerprint density at radius 3 is 1.25 bits per heavy atom. The number of halogens is 6. The van der Waals surface area contributed by atoms with Crippen LogP contribution >= 0.6 is 0 Å². The number of fused-ring (bicyclic) bond motifs is 2. The third-order valence-corrected chi connectivity index (χ3v) is 12.0. The van der Waals surface area contributed by atoms with Crippen molar-refractivity contribution in [1.29, 1.82) is 0 Å². The summed E-state index contributed by atoms with van der Waals surface area (Å²) in [5, 5.41) is 30.0. The van der Waals surface area contributed by atoms with E-state index in [-0.39, 0.29) is 11.1 Å². The fourth-order valence-electron chi connectivity index (χ4n) is 8.71. The lowest BCUT2D eigenvalue weighted by Crippen LogP contribution is -2.30. The van der Waals surface area contributed by atoms with E-state index in [1.165, 1.54) is 0 Å². The van der Waals surface area contributed by atoms with Crippen LogP contribution < -0.4 is 0 Å². The molecule has 2 N–H and O–H groups in total. The number of hydrogen-bond acceptors (Lipinski definition) is 8. The zero-order chi connectivity index (χ0) is 48.0. The van der Waals surface area contributed by atoms with Crippen LogP contribution in [0.2, 0.25) is 0 Å². The van der Waals surface area contributed by atoms with E-state index in [4.69, 9.17) is 0 Å². The van der Waals surface area contributed by atoms with Crippen molar-refractivity contribution in [2.24, 2.45) is 0 Å². The number of aryl methyl sites for hydroxylation is 6. The summed E-state index contributed by atoms with van der Waals surface area (Å²) in [5.74, 6) is -8.34. The van der Waals surface area contributed by atoms with Crippen LogP contribution in [-0.2, 0) is 13.1 Å². The molecule has 0 bridgehead atoms. The van der Waals surface area contributed by atoms with Crippen molar-refractivity contribution in [2.45, 2.75) is 77.7 Å². The van der Waals surface area contributed by atoms with Crippen molar-refractivity contribution in [3.63, 3.8) is 0 Å². The summed E-state index contributed by atoms with van der Waals surface area (Å²) in [6.45, 7) is 8.74. The van der Waals surface area contributed by atoms with Crippen LogP contribution in [-0.4, -0.2) is 71.1 Å². The van der Waals surface area contributed by atoms with Crippen LogP contribution in [0, 0.1) is 62.6 Å². The van der Waals surface area contributed by atoms with Crippen molar-refractivity contribution in [3.8, 4) is 11.4 Å². The first kappa shape index (κ1) is 45.7. The normalized spacial score (nSPS) is 17.9. The fourth-order valence-corrected chi connectivity index (χ4v) is 8.71. The van der Waals surface area contributed by atoms with Gasteiger partial charge in [0.05, 0.1) is 48.1 Å². The highest BCUT2D eigenvalue weighted by atomic mass is 19.2. The van der Waals surface area contributed by atoms with E-state index < -0.39 is 58.9 Å². The molecule has 0 radical (unpaired) electrons. The second-order valence-corrected chi connectivity index (χ2v) is 17.0. The summed E-state index contributed by atoms with van der Waals surface area (Å²) in [6, 6.07) is 15.6.